The van der Waals surface area contributed by atoms with Gasteiger partial charge in [-0.25, -0.2) is 0 Å². The Bertz CT molecular complexity index is 510. The zero-order valence-corrected chi connectivity index (χ0v) is 9.95. The van der Waals surface area contributed by atoms with Crippen molar-refractivity contribution in [3.05, 3.63) is 23.3 Å². The number of benzene rings is 1. The first-order valence-corrected chi connectivity index (χ1v) is 5.51. The van der Waals surface area contributed by atoms with Gasteiger partial charge < -0.3 is 14.6 Å². The lowest BCUT2D eigenvalue weighted by atomic mass is 9.96. The first kappa shape index (κ1) is 13.5. The zero-order chi connectivity index (χ0) is 14.2. The minimum Gasteiger partial charge on any atom is -0.481 e. The maximum Gasteiger partial charge on any atom is 0.416 e. The van der Waals surface area contributed by atoms with Crippen LogP contribution in [0.1, 0.15) is 18.1 Å². The largest absolute Gasteiger partial charge is 0.481 e. The molecular weight excluding hydrogens is 265 g/mol. The van der Waals surface area contributed by atoms with E-state index in [1.807, 2.05) is 0 Å². The number of ether oxygens (including phenoxy) is 2. The van der Waals surface area contributed by atoms with E-state index in [4.69, 9.17) is 14.6 Å². The lowest BCUT2D eigenvalue weighted by Crippen LogP contribution is -2.16. The van der Waals surface area contributed by atoms with Crippen LogP contribution in [0.3, 0.4) is 0 Å². The fourth-order valence-corrected chi connectivity index (χ4v) is 1.83. The monoisotopic (exact) mass is 276 g/mol. The molecule has 1 aromatic carbocycles. The molecule has 1 aliphatic rings. The Morgan fingerprint density at radius 1 is 1.37 bits per heavy atom. The summed E-state index contributed by atoms with van der Waals surface area (Å²) in [5.41, 5.74) is -0.989. The van der Waals surface area contributed by atoms with Crippen LogP contribution < -0.4 is 9.47 Å². The highest BCUT2D eigenvalue weighted by atomic mass is 19.4. The maximum absolute atomic E-state index is 12.9. The number of aliphatic carboxylic acids is 1. The third-order valence-electron chi connectivity index (χ3n) is 2.85. The molecule has 104 valence electrons. The van der Waals surface area contributed by atoms with E-state index in [0.29, 0.717) is 0 Å². The summed E-state index contributed by atoms with van der Waals surface area (Å²) in [6, 6.07) is 2.05. The number of carboxylic acid groups (broad SMARTS) is 1. The lowest BCUT2D eigenvalue weighted by Gasteiger charge is -2.15. The number of carboxylic acids is 1. The third-order valence-corrected chi connectivity index (χ3v) is 2.85. The van der Waals surface area contributed by atoms with E-state index in [9.17, 15) is 18.0 Å². The molecule has 4 nitrogen and oxygen atoms in total. The number of rotatable bonds is 3. The highest BCUT2D eigenvalue weighted by Gasteiger charge is 2.36. The summed E-state index contributed by atoms with van der Waals surface area (Å²) in [5.74, 6) is -1.83. The van der Waals surface area contributed by atoms with E-state index < -0.39 is 23.6 Å². The summed E-state index contributed by atoms with van der Waals surface area (Å²) in [6.07, 6.45) is -4.78. The fourth-order valence-electron chi connectivity index (χ4n) is 1.83. The van der Waals surface area contributed by atoms with Crippen molar-refractivity contribution in [2.45, 2.75) is 19.5 Å². The molecule has 0 aliphatic carbocycles. The second kappa shape index (κ2) is 4.64. The Morgan fingerprint density at radius 2 is 1.95 bits per heavy atom. The minimum atomic E-state index is -4.56. The van der Waals surface area contributed by atoms with Crippen molar-refractivity contribution >= 4 is 5.97 Å². The number of fused-ring (bicyclic) bond motifs is 1. The Hall–Kier alpha value is -1.92. The highest BCUT2D eigenvalue weighted by molar-refractivity contribution is 5.70. The van der Waals surface area contributed by atoms with Crippen molar-refractivity contribution in [1.82, 2.24) is 0 Å². The second-order valence-electron chi connectivity index (χ2n) is 4.30. The van der Waals surface area contributed by atoms with Gasteiger partial charge in [0.05, 0.1) is 11.5 Å². The van der Waals surface area contributed by atoms with Gasteiger partial charge in [0.2, 0.25) is 6.79 Å². The van der Waals surface area contributed by atoms with Gasteiger partial charge in [-0.2, -0.15) is 13.2 Å². The van der Waals surface area contributed by atoms with Gasteiger partial charge in [-0.1, -0.05) is 6.92 Å². The molecule has 2 rings (SSSR count). The number of hydrogen-bond acceptors (Lipinski definition) is 3. The van der Waals surface area contributed by atoms with E-state index in [-0.39, 0.29) is 30.3 Å². The molecule has 0 amide bonds. The topological polar surface area (TPSA) is 55.8 Å². The van der Waals surface area contributed by atoms with Gasteiger partial charge in [0.25, 0.3) is 0 Å². The van der Waals surface area contributed by atoms with Gasteiger partial charge in [0.15, 0.2) is 11.5 Å². The quantitative estimate of drug-likeness (QED) is 0.922. The molecule has 19 heavy (non-hydrogen) atoms. The van der Waals surface area contributed by atoms with Crippen LogP contribution >= 0.6 is 0 Å². The van der Waals surface area contributed by atoms with E-state index >= 15 is 0 Å². The maximum atomic E-state index is 12.9. The van der Waals surface area contributed by atoms with Crippen molar-refractivity contribution < 1.29 is 32.5 Å². The standard InChI is InChI=1S/C12H11F3O4/c1-6(11(16)17)2-7-3-9-10(19-5-18-9)4-8(7)12(13,14)15/h3-4,6H,2,5H2,1H3,(H,16,17). The SMILES string of the molecule is CC(Cc1cc2c(cc1C(F)(F)F)OCO2)C(=O)O. The number of halogens is 3. The fraction of sp³-hybridized carbons (Fsp3) is 0.417. The molecule has 0 radical (unpaired) electrons. The molecule has 0 bridgehead atoms. The normalized spacial score (nSPS) is 15.4. The number of carbonyl (C=O) groups is 1. The van der Waals surface area contributed by atoms with E-state index in [1.165, 1.54) is 13.0 Å². The Morgan fingerprint density at radius 3 is 2.47 bits per heavy atom. The molecule has 1 N–H and O–H groups in total. The average Bonchev–Trinajstić information content (AvgIpc) is 2.73. The Balaban J connectivity index is 2.43. The van der Waals surface area contributed by atoms with Crippen LogP contribution in [0, 0.1) is 5.92 Å². The predicted molar refractivity (Wildman–Crippen MR) is 58.1 cm³/mol. The van der Waals surface area contributed by atoms with Gasteiger partial charge in [0.1, 0.15) is 0 Å². The molecule has 0 saturated carbocycles. The van der Waals surface area contributed by atoms with Crippen molar-refractivity contribution in [2.24, 2.45) is 5.92 Å². The molecule has 0 spiro atoms. The van der Waals surface area contributed by atoms with Crippen molar-refractivity contribution in [3.63, 3.8) is 0 Å². The van der Waals surface area contributed by atoms with E-state index in [1.54, 1.807) is 0 Å². The molecule has 0 fully saturated rings. The summed E-state index contributed by atoms with van der Waals surface area (Å²) >= 11 is 0. The average molecular weight is 276 g/mol. The lowest BCUT2D eigenvalue weighted by molar-refractivity contribution is -0.142. The molecule has 1 atom stereocenters. The van der Waals surface area contributed by atoms with Gasteiger partial charge in [-0.05, 0) is 24.1 Å². The van der Waals surface area contributed by atoms with Gasteiger partial charge in [-0.15, -0.1) is 0 Å². The zero-order valence-electron chi connectivity index (χ0n) is 9.95. The smallest absolute Gasteiger partial charge is 0.416 e. The van der Waals surface area contributed by atoms with E-state index in [0.717, 1.165) is 6.07 Å². The first-order valence-electron chi connectivity index (χ1n) is 5.51. The van der Waals surface area contributed by atoms with Crippen LogP contribution in [-0.4, -0.2) is 17.9 Å². The van der Waals surface area contributed by atoms with Gasteiger partial charge in [-0.3, -0.25) is 4.79 Å². The van der Waals surface area contributed by atoms with Crippen LogP contribution in [0.15, 0.2) is 12.1 Å². The van der Waals surface area contributed by atoms with E-state index in [2.05, 4.69) is 0 Å². The minimum absolute atomic E-state index is 0.0269. The Kier molecular flexibility index (Phi) is 3.30. The molecule has 0 saturated heterocycles. The Labute approximate surface area is 106 Å². The molecule has 1 heterocycles. The molecule has 1 aromatic rings. The molecule has 7 heteroatoms. The second-order valence-corrected chi connectivity index (χ2v) is 4.30. The number of alkyl halides is 3. The van der Waals surface area contributed by atoms with Gasteiger partial charge in [0, 0.05) is 0 Å². The van der Waals surface area contributed by atoms with Gasteiger partial charge >= 0.3 is 12.1 Å². The van der Waals surface area contributed by atoms with Crippen LogP contribution in [0.2, 0.25) is 0 Å². The van der Waals surface area contributed by atoms with Crippen molar-refractivity contribution in [1.29, 1.82) is 0 Å². The highest BCUT2D eigenvalue weighted by Crippen LogP contribution is 2.41. The van der Waals surface area contributed by atoms with Crippen molar-refractivity contribution in [3.8, 4) is 11.5 Å². The summed E-state index contributed by atoms with van der Waals surface area (Å²) < 4.78 is 48.7. The van der Waals surface area contributed by atoms with Crippen molar-refractivity contribution in [2.75, 3.05) is 6.79 Å². The summed E-state index contributed by atoms with van der Waals surface area (Å²) in [6.45, 7) is 1.22. The summed E-state index contributed by atoms with van der Waals surface area (Å²) in [7, 11) is 0. The van der Waals surface area contributed by atoms with Crippen LogP contribution in [-0.2, 0) is 17.4 Å². The third kappa shape index (κ3) is 2.74. The number of hydrogen-bond donors (Lipinski definition) is 1. The predicted octanol–water partition coefficient (Wildman–Crippen LogP) is 2.70. The van der Waals surface area contributed by atoms with Crippen LogP contribution in [0.4, 0.5) is 13.2 Å². The molecule has 1 aliphatic heterocycles. The summed E-state index contributed by atoms with van der Waals surface area (Å²) in [5, 5.41) is 8.79. The summed E-state index contributed by atoms with van der Waals surface area (Å²) in [4.78, 5) is 10.8. The molecular formula is C12H11F3O4. The van der Waals surface area contributed by atoms with Crippen LogP contribution in [0.5, 0.6) is 11.5 Å². The molecule has 1 unspecified atom stereocenters. The molecule has 0 aromatic heterocycles. The van der Waals surface area contributed by atoms with Crippen LogP contribution in [0.25, 0.3) is 0 Å². The first-order chi connectivity index (χ1) is 8.79.